The second-order valence-corrected chi connectivity index (χ2v) is 3.57. The van der Waals surface area contributed by atoms with Crippen molar-refractivity contribution in [1.29, 1.82) is 0 Å². The Bertz CT molecular complexity index is 213. The van der Waals surface area contributed by atoms with Crippen LogP contribution in [0.4, 0.5) is 0 Å². The molecule has 72 valence electrons. The van der Waals surface area contributed by atoms with Crippen molar-refractivity contribution in [2.24, 2.45) is 0 Å². The topological polar surface area (TPSA) is 20.2 Å². The van der Waals surface area contributed by atoms with E-state index in [4.69, 9.17) is 0 Å². The van der Waals surface area contributed by atoms with E-state index in [2.05, 4.69) is 12.3 Å². The van der Waals surface area contributed by atoms with Gasteiger partial charge in [0.15, 0.2) is 0 Å². The molecular weight excluding hydrogens is 160 g/mol. The molecule has 1 aliphatic rings. The lowest BCUT2D eigenvalue weighted by atomic mass is 9.95. The van der Waals surface area contributed by atoms with Gasteiger partial charge < -0.3 is 5.11 Å². The lowest BCUT2D eigenvalue weighted by Gasteiger charge is -2.10. The van der Waals surface area contributed by atoms with Crippen molar-refractivity contribution in [3.8, 4) is 0 Å². The minimum absolute atomic E-state index is 0.396. The number of hydrogen-bond acceptors (Lipinski definition) is 1. The minimum atomic E-state index is -0.396. The van der Waals surface area contributed by atoms with Crippen molar-refractivity contribution in [1.82, 2.24) is 0 Å². The second kappa shape index (κ2) is 5.80. The molecule has 0 aliphatic heterocycles. The quantitative estimate of drug-likeness (QED) is 0.520. The Morgan fingerprint density at radius 3 is 2.69 bits per heavy atom. The van der Waals surface area contributed by atoms with Crippen molar-refractivity contribution in [2.75, 3.05) is 0 Å². The van der Waals surface area contributed by atoms with Gasteiger partial charge in [-0.05, 0) is 43.8 Å². The molecule has 0 bridgehead atoms. The van der Waals surface area contributed by atoms with Gasteiger partial charge in [-0.2, -0.15) is 0 Å². The Morgan fingerprint density at radius 1 is 1.38 bits per heavy atom. The van der Waals surface area contributed by atoms with Gasteiger partial charge in [-0.15, -0.1) is 12.3 Å². The molecule has 0 spiro atoms. The molecule has 0 radical (unpaired) electrons. The summed E-state index contributed by atoms with van der Waals surface area (Å²) in [4.78, 5) is 0. The summed E-state index contributed by atoms with van der Waals surface area (Å²) in [5.74, 6) is 0. The monoisotopic (exact) mass is 178 g/mol. The van der Waals surface area contributed by atoms with E-state index < -0.39 is 6.10 Å². The molecule has 13 heavy (non-hydrogen) atoms. The van der Waals surface area contributed by atoms with Crippen LogP contribution in [-0.2, 0) is 0 Å². The van der Waals surface area contributed by atoms with Gasteiger partial charge in [0.05, 0.1) is 6.10 Å². The summed E-state index contributed by atoms with van der Waals surface area (Å²) < 4.78 is 0. The van der Waals surface area contributed by atoms with Crippen molar-refractivity contribution in [3.63, 3.8) is 0 Å². The Balaban J connectivity index is 2.46. The Labute approximate surface area is 80.5 Å². The second-order valence-electron chi connectivity index (χ2n) is 3.57. The van der Waals surface area contributed by atoms with Crippen molar-refractivity contribution in [2.45, 2.75) is 44.6 Å². The van der Waals surface area contributed by atoms with Gasteiger partial charge in [0.2, 0.25) is 0 Å². The molecule has 1 rings (SSSR count). The van der Waals surface area contributed by atoms with E-state index in [9.17, 15) is 5.11 Å². The maximum Gasteiger partial charge on any atom is 0.0828 e. The Kier molecular flexibility index (Phi) is 4.59. The maximum absolute atomic E-state index is 9.38. The third kappa shape index (κ3) is 4.12. The van der Waals surface area contributed by atoms with Crippen LogP contribution in [0.1, 0.15) is 38.5 Å². The zero-order chi connectivity index (χ0) is 9.52. The number of rotatable bonds is 3. The van der Waals surface area contributed by atoms with Crippen LogP contribution < -0.4 is 0 Å². The summed E-state index contributed by atoms with van der Waals surface area (Å²) in [5, 5.41) is 9.38. The van der Waals surface area contributed by atoms with Crippen LogP contribution in [0.15, 0.2) is 30.0 Å². The maximum atomic E-state index is 9.38. The molecule has 1 unspecified atom stereocenters. The van der Waals surface area contributed by atoms with Crippen molar-refractivity contribution < 1.29 is 5.11 Å². The highest BCUT2D eigenvalue weighted by atomic mass is 16.3. The minimum Gasteiger partial charge on any atom is -0.388 e. The molecule has 1 saturated carbocycles. The first-order chi connectivity index (χ1) is 6.33. The van der Waals surface area contributed by atoms with Crippen LogP contribution in [0, 0.1) is 0 Å². The largest absolute Gasteiger partial charge is 0.388 e. The van der Waals surface area contributed by atoms with Crippen LogP contribution in [0.2, 0.25) is 0 Å². The third-order valence-electron chi connectivity index (χ3n) is 2.35. The molecule has 0 amide bonds. The summed E-state index contributed by atoms with van der Waals surface area (Å²) >= 11 is 0. The fraction of sp³-hybridized carbons (Fsp3) is 0.583. The van der Waals surface area contributed by atoms with E-state index in [1.54, 1.807) is 12.2 Å². The van der Waals surface area contributed by atoms with E-state index >= 15 is 0 Å². The SMILES string of the molecule is C=CCC(O)C=C=C1CCCCC1. The Morgan fingerprint density at radius 2 is 2.08 bits per heavy atom. The van der Waals surface area contributed by atoms with Gasteiger partial charge in [-0.3, -0.25) is 0 Å². The molecule has 1 atom stereocenters. The highest BCUT2D eigenvalue weighted by Gasteiger charge is 2.03. The highest BCUT2D eigenvalue weighted by Crippen LogP contribution is 2.21. The average molecular weight is 178 g/mol. The molecule has 0 aromatic heterocycles. The summed E-state index contributed by atoms with van der Waals surface area (Å²) in [5.41, 5.74) is 4.57. The van der Waals surface area contributed by atoms with Gasteiger partial charge >= 0.3 is 0 Å². The summed E-state index contributed by atoms with van der Waals surface area (Å²) in [6.45, 7) is 3.58. The number of hydrogen-bond donors (Lipinski definition) is 1. The van der Waals surface area contributed by atoms with E-state index in [0.717, 1.165) is 12.8 Å². The van der Waals surface area contributed by atoms with Crippen molar-refractivity contribution in [3.05, 3.63) is 30.0 Å². The van der Waals surface area contributed by atoms with E-state index in [-0.39, 0.29) is 0 Å². The smallest absolute Gasteiger partial charge is 0.0828 e. The van der Waals surface area contributed by atoms with Crippen LogP contribution in [0.3, 0.4) is 0 Å². The fourth-order valence-corrected chi connectivity index (χ4v) is 1.58. The van der Waals surface area contributed by atoms with Gasteiger partial charge in [0, 0.05) is 0 Å². The van der Waals surface area contributed by atoms with E-state index in [1.807, 2.05) is 0 Å². The summed E-state index contributed by atoms with van der Waals surface area (Å²) in [6, 6.07) is 0. The third-order valence-corrected chi connectivity index (χ3v) is 2.35. The first-order valence-electron chi connectivity index (χ1n) is 5.06. The predicted octanol–water partition coefficient (Wildman–Crippen LogP) is 2.97. The summed E-state index contributed by atoms with van der Waals surface area (Å²) in [6.07, 6.45) is 9.97. The van der Waals surface area contributed by atoms with Crippen LogP contribution in [0.5, 0.6) is 0 Å². The number of aliphatic hydroxyl groups is 1. The molecule has 1 N–H and O–H groups in total. The van der Waals surface area contributed by atoms with Crippen molar-refractivity contribution >= 4 is 0 Å². The molecule has 1 heteroatoms. The van der Waals surface area contributed by atoms with E-state index in [0.29, 0.717) is 6.42 Å². The molecule has 0 heterocycles. The molecule has 0 aromatic carbocycles. The molecule has 1 aliphatic carbocycles. The average Bonchev–Trinajstić information content (AvgIpc) is 2.17. The molecule has 0 aromatic rings. The van der Waals surface area contributed by atoms with Gasteiger partial charge in [0.1, 0.15) is 0 Å². The predicted molar refractivity (Wildman–Crippen MR) is 55.5 cm³/mol. The standard InChI is InChI=1S/C12H18O/c1-2-6-12(13)10-9-11-7-4-3-5-8-11/h2,10,12-13H,1,3-8H2. The first kappa shape index (κ1) is 10.3. The Hall–Kier alpha value is -0.780. The van der Waals surface area contributed by atoms with Gasteiger partial charge in [0.25, 0.3) is 0 Å². The normalized spacial score (nSPS) is 19.0. The van der Waals surface area contributed by atoms with E-state index in [1.165, 1.54) is 24.8 Å². The number of aliphatic hydroxyl groups excluding tert-OH is 1. The van der Waals surface area contributed by atoms with Crippen LogP contribution in [0.25, 0.3) is 0 Å². The first-order valence-corrected chi connectivity index (χ1v) is 5.06. The summed E-state index contributed by atoms with van der Waals surface area (Å²) in [7, 11) is 0. The fourth-order valence-electron chi connectivity index (χ4n) is 1.58. The molecule has 1 nitrogen and oxygen atoms in total. The lowest BCUT2D eigenvalue weighted by molar-refractivity contribution is 0.227. The van der Waals surface area contributed by atoms with Gasteiger partial charge in [-0.1, -0.05) is 12.5 Å². The zero-order valence-electron chi connectivity index (χ0n) is 8.13. The lowest BCUT2D eigenvalue weighted by Crippen LogP contribution is -1.99. The molecule has 1 fully saturated rings. The van der Waals surface area contributed by atoms with Crippen LogP contribution in [-0.4, -0.2) is 11.2 Å². The van der Waals surface area contributed by atoms with Gasteiger partial charge in [-0.25, -0.2) is 0 Å². The highest BCUT2D eigenvalue weighted by molar-refractivity contribution is 5.05. The molecular formula is C12H18O. The zero-order valence-corrected chi connectivity index (χ0v) is 8.13. The molecule has 0 saturated heterocycles. The van der Waals surface area contributed by atoms with Crippen LogP contribution >= 0.6 is 0 Å².